The number of rotatable bonds is 0. The third-order valence-electron chi connectivity index (χ3n) is 1.94. The van der Waals surface area contributed by atoms with E-state index >= 15 is 0 Å². The Labute approximate surface area is 76.2 Å². The Kier molecular flexibility index (Phi) is 3.65. The quantitative estimate of drug-likeness (QED) is 0.562. The predicted molar refractivity (Wildman–Crippen MR) is 36.7 cm³/mol. The van der Waals surface area contributed by atoms with Crippen LogP contribution in [0.25, 0.3) is 0 Å². The molecule has 0 saturated heterocycles. The summed E-state index contributed by atoms with van der Waals surface area (Å²) >= 11 is 0. The van der Waals surface area contributed by atoms with E-state index in [1.165, 1.54) is 11.1 Å². The third kappa shape index (κ3) is 1.90. The molecule has 0 spiro atoms. The molecule has 0 bridgehead atoms. The van der Waals surface area contributed by atoms with Crippen LogP contribution in [0.2, 0.25) is 0 Å². The molecule has 0 aromatic carbocycles. The minimum atomic E-state index is 0. The van der Waals surface area contributed by atoms with Crippen LogP contribution in [0.4, 0.5) is 0 Å². The van der Waals surface area contributed by atoms with E-state index in [2.05, 4.69) is 32.9 Å². The van der Waals surface area contributed by atoms with Gasteiger partial charge in [-0.05, 0) is 19.8 Å². The van der Waals surface area contributed by atoms with Crippen LogP contribution in [0.15, 0.2) is 23.3 Å². The number of hydrogen-bond acceptors (Lipinski definition) is 0. The van der Waals surface area contributed by atoms with Crippen LogP contribution < -0.4 is 0 Å². The van der Waals surface area contributed by atoms with Gasteiger partial charge >= 0.3 is 0 Å². The van der Waals surface area contributed by atoms with Crippen LogP contribution in [-0.2, 0) is 26.2 Å². The van der Waals surface area contributed by atoms with Crippen molar-refractivity contribution in [2.75, 3.05) is 0 Å². The molecule has 1 rings (SSSR count). The summed E-state index contributed by atoms with van der Waals surface area (Å²) in [6, 6.07) is 0. The van der Waals surface area contributed by atoms with E-state index in [1.807, 2.05) is 0 Å². The van der Waals surface area contributed by atoms with Crippen molar-refractivity contribution in [3.63, 3.8) is 0 Å². The monoisotopic (exact) mass is 198 g/mol. The van der Waals surface area contributed by atoms with Crippen LogP contribution in [0.3, 0.4) is 0 Å². The van der Waals surface area contributed by atoms with Gasteiger partial charge in [0.1, 0.15) is 0 Å². The van der Waals surface area contributed by atoms with E-state index in [-0.39, 0.29) is 26.2 Å². The average Bonchev–Trinajstić information content (AvgIpc) is 1.98. The molecule has 0 aliphatic heterocycles. The van der Waals surface area contributed by atoms with Gasteiger partial charge in [0.25, 0.3) is 0 Å². The first kappa shape index (κ1) is 9.36. The molecule has 0 saturated carbocycles. The van der Waals surface area contributed by atoms with E-state index < -0.39 is 0 Å². The summed E-state index contributed by atoms with van der Waals surface area (Å²) in [5.74, 6) is 0.690. The Morgan fingerprint density at radius 3 is 2.00 bits per heavy atom. The van der Waals surface area contributed by atoms with E-state index in [4.69, 9.17) is 0 Å². The molecule has 9 heavy (non-hydrogen) atoms. The van der Waals surface area contributed by atoms with Crippen molar-refractivity contribution >= 4 is 0 Å². The number of hydrogen-bond donors (Lipinski definition) is 0. The van der Waals surface area contributed by atoms with Gasteiger partial charge in [-0.15, -0.1) is 0 Å². The molecule has 0 N–H and O–H groups in total. The second-order valence-electron chi connectivity index (χ2n) is 2.51. The summed E-state index contributed by atoms with van der Waals surface area (Å²) < 4.78 is 0. The molecular formula is C8H12Zr. The molecule has 1 aliphatic rings. The normalized spacial score (nSPS) is 24.6. The predicted octanol–water partition coefficient (Wildman–Crippen LogP) is 2.53. The zero-order chi connectivity index (χ0) is 6.15. The van der Waals surface area contributed by atoms with Gasteiger partial charge in [0.15, 0.2) is 0 Å². The fourth-order valence-corrected chi connectivity index (χ4v) is 0.924. The molecule has 0 heterocycles. The fourth-order valence-electron chi connectivity index (χ4n) is 0.924. The van der Waals surface area contributed by atoms with Crippen LogP contribution in [-0.4, -0.2) is 0 Å². The standard InChI is InChI=1S/C8H12.Zr/c1-6-4-5-7(2)8(6)3;/h4-6H,1-3H3;. The van der Waals surface area contributed by atoms with E-state index in [1.54, 1.807) is 0 Å². The van der Waals surface area contributed by atoms with E-state index in [0.717, 1.165) is 0 Å². The molecule has 0 nitrogen and oxygen atoms in total. The maximum atomic E-state index is 2.24. The summed E-state index contributed by atoms with van der Waals surface area (Å²) in [6.45, 7) is 6.58. The van der Waals surface area contributed by atoms with Crippen molar-refractivity contribution in [2.45, 2.75) is 20.8 Å². The van der Waals surface area contributed by atoms with Crippen LogP contribution in [0.1, 0.15) is 20.8 Å². The Morgan fingerprint density at radius 2 is 1.89 bits per heavy atom. The summed E-state index contributed by atoms with van der Waals surface area (Å²) in [5.41, 5.74) is 2.96. The van der Waals surface area contributed by atoms with Crippen molar-refractivity contribution < 1.29 is 26.2 Å². The Hall–Kier alpha value is 0.363. The Balaban J connectivity index is 0.000000640. The van der Waals surface area contributed by atoms with E-state index in [0.29, 0.717) is 5.92 Å². The van der Waals surface area contributed by atoms with Gasteiger partial charge in [0.05, 0.1) is 0 Å². The van der Waals surface area contributed by atoms with Crippen molar-refractivity contribution in [2.24, 2.45) is 5.92 Å². The first-order valence-electron chi connectivity index (χ1n) is 3.07. The largest absolute Gasteiger partial charge is 0.0774 e. The molecule has 1 unspecified atom stereocenters. The van der Waals surface area contributed by atoms with Crippen LogP contribution in [0.5, 0.6) is 0 Å². The number of allylic oxidation sites excluding steroid dienone is 4. The smallest absolute Gasteiger partial charge is 0 e. The SMILES string of the molecule is CC1=C(C)C(C)C=C1.[Zr]. The maximum absolute atomic E-state index is 2.24. The zero-order valence-electron chi connectivity index (χ0n) is 6.23. The maximum Gasteiger partial charge on any atom is 0 e. The van der Waals surface area contributed by atoms with Gasteiger partial charge in [0, 0.05) is 26.2 Å². The first-order valence-corrected chi connectivity index (χ1v) is 3.07. The molecule has 0 fully saturated rings. The van der Waals surface area contributed by atoms with Crippen LogP contribution in [0, 0.1) is 5.92 Å². The molecule has 48 valence electrons. The van der Waals surface area contributed by atoms with Gasteiger partial charge in [-0.2, -0.15) is 0 Å². The molecule has 1 aliphatic carbocycles. The molecule has 0 amide bonds. The minimum Gasteiger partial charge on any atom is -0.0774 e. The van der Waals surface area contributed by atoms with Crippen molar-refractivity contribution in [3.8, 4) is 0 Å². The molecule has 0 aromatic heterocycles. The van der Waals surface area contributed by atoms with Gasteiger partial charge in [-0.25, -0.2) is 0 Å². The average molecular weight is 199 g/mol. The van der Waals surface area contributed by atoms with Crippen LogP contribution >= 0.6 is 0 Å². The Bertz CT molecular complexity index is 154. The van der Waals surface area contributed by atoms with Gasteiger partial charge in [0.2, 0.25) is 0 Å². The molecule has 0 radical (unpaired) electrons. The zero-order valence-corrected chi connectivity index (χ0v) is 8.69. The van der Waals surface area contributed by atoms with Gasteiger partial charge in [-0.3, -0.25) is 0 Å². The second-order valence-corrected chi connectivity index (χ2v) is 2.51. The van der Waals surface area contributed by atoms with Gasteiger partial charge < -0.3 is 0 Å². The Morgan fingerprint density at radius 1 is 1.33 bits per heavy atom. The van der Waals surface area contributed by atoms with Gasteiger partial charge in [-0.1, -0.05) is 30.2 Å². The summed E-state index contributed by atoms with van der Waals surface area (Å²) in [4.78, 5) is 0. The molecular weight excluding hydrogens is 187 g/mol. The second kappa shape index (κ2) is 3.51. The minimum absolute atomic E-state index is 0. The topological polar surface area (TPSA) is 0 Å². The molecule has 0 aromatic rings. The summed E-state index contributed by atoms with van der Waals surface area (Å²) in [7, 11) is 0. The van der Waals surface area contributed by atoms with Crippen molar-refractivity contribution in [1.82, 2.24) is 0 Å². The van der Waals surface area contributed by atoms with E-state index in [9.17, 15) is 0 Å². The first-order chi connectivity index (χ1) is 3.72. The summed E-state index contributed by atoms with van der Waals surface area (Å²) in [5, 5.41) is 0. The summed E-state index contributed by atoms with van der Waals surface area (Å²) in [6.07, 6.45) is 4.44. The van der Waals surface area contributed by atoms with Crippen molar-refractivity contribution in [3.05, 3.63) is 23.3 Å². The third-order valence-corrected chi connectivity index (χ3v) is 1.94. The molecule has 1 heteroatoms. The fraction of sp³-hybridized carbons (Fsp3) is 0.500. The molecule has 1 atom stereocenters. The van der Waals surface area contributed by atoms with Crippen molar-refractivity contribution in [1.29, 1.82) is 0 Å².